The molecule has 0 radical (unpaired) electrons. The molecule has 2 heterocycles. The summed E-state index contributed by atoms with van der Waals surface area (Å²) >= 11 is 0. The van der Waals surface area contributed by atoms with E-state index in [2.05, 4.69) is 15.2 Å². The number of aliphatic hydroxyl groups is 2. The number of aliphatic hydroxyl groups excluding tert-OH is 2. The van der Waals surface area contributed by atoms with Gasteiger partial charge in [0.15, 0.2) is 5.58 Å². The van der Waals surface area contributed by atoms with Crippen LogP contribution in [0.1, 0.15) is 38.7 Å². The Labute approximate surface area is 236 Å². The number of carbonyl (C=O) groups excluding carboxylic acids is 2. The first kappa shape index (κ1) is 27.8. The zero-order valence-electron chi connectivity index (χ0n) is 22.4. The third kappa shape index (κ3) is 6.20. The van der Waals surface area contributed by atoms with Gasteiger partial charge >= 0.3 is 6.01 Å². The number of rotatable bonds is 8. The Kier molecular flexibility index (Phi) is 8.26. The second-order valence-electron chi connectivity index (χ2n) is 9.76. The highest BCUT2D eigenvalue weighted by Gasteiger charge is 2.26. The molecule has 0 bridgehead atoms. The Morgan fingerprint density at radius 3 is 2.32 bits per heavy atom. The van der Waals surface area contributed by atoms with Crippen LogP contribution < -0.4 is 10.1 Å². The van der Waals surface area contributed by atoms with E-state index in [-0.39, 0.29) is 25.1 Å². The number of hydrogen-bond acceptors (Lipinski definition) is 9. The van der Waals surface area contributed by atoms with Crippen molar-refractivity contribution >= 4 is 28.9 Å². The van der Waals surface area contributed by atoms with Crippen LogP contribution in [0.3, 0.4) is 0 Å². The molecule has 3 N–H and O–H groups in total. The van der Waals surface area contributed by atoms with Gasteiger partial charge in [0, 0.05) is 37.3 Å². The van der Waals surface area contributed by atoms with E-state index in [4.69, 9.17) is 14.4 Å². The average Bonchev–Trinajstić information content (AvgIpc) is 3.40. The van der Waals surface area contributed by atoms with E-state index in [9.17, 15) is 19.8 Å². The summed E-state index contributed by atoms with van der Waals surface area (Å²) < 4.78 is 11.7. The van der Waals surface area contributed by atoms with Gasteiger partial charge < -0.3 is 29.2 Å². The summed E-state index contributed by atoms with van der Waals surface area (Å²) in [7, 11) is 2.02. The minimum absolute atomic E-state index is 0.0744. The topological polar surface area (TPSA) is 152 Å². The Hall–Kier alpha value is -4.76. The Morgan fingerprint density at radius 2 is 1.68 bits per heavy atom. The molecule has 11 nitrogen and oxygen atoms in total. The fraction of sp³-hybridized carbons (Fsp3) is 0.267. The van der Waals surface area contributed by atoms with Crippen molar-refractivity contribution in [2.75, 3.05) is 38.5 Å². The second-order valence-corrected chi connectivity index (χ2v) is 9.76. The van der Waals surface area contributed by atoms with Crippen molar-refractivity contribution in [2.24, 2.45) is 0 Å². The summed E-state index contributed by atoms with van der Waals surface area (Å²) in [6, 6.07) is 18.1. The number of fused-ring (bicyclic) bond motifs is 1. The lowest BCUT2D eigenvalue weighted by Crippen LogP contribution is -2.47. The number of oxazole rings is 1. The van der Waals surface area contributed by atoms with Crippen LogP contribution >= 0.6 is 0 Å². The first-order valence-electron chi connectivity index (χ1n) is 13.1. The van der Waals surface area contributed by atoms with Crippen molar-refractivity contribution in [3.63, 3.8) is 0 Å². The number of anilines is 1. The molecule has 1 saturated heterocycles. The van der Waals surface area contributed by atoms with Crippen molar-refractivity contribution in [1.29, 1.82) is 5.26 Å². The monoisotopic (exact) mass is 555 g/mol. The highest BCUT2D eigenvalue weighted by atomic mass is 16.5. The molecule has 41 heavy (non-hydrogen) atoms. The van der Waals surface area contributed by atoms with E-state index in [1.165, 1.54) is 0 Å². The number of hydrogen-bond donors (Lipinski definition) is 3. The van der Waals surface area contributed by atoms with Gasteiger partial charge in [0.1, 0.15) is 11.3 Å². The fourth-order valence-corrected chi connectivity index (χ4v) is 4.59. The van der Waals surface area contributed by atoms with Gasteiger partial charge in [-0.05, 0) is 66.7 Å². The molecular weight excluding hydrogens is 526 g/mol. The number of nitriles is 1. The number of likely N-dealkylation sites (N-methyl/N-ethyl adjacent to an activating group) is 1. The molecule has 0 saturated carbocycles. The summed E-state index contributed by atoms with van der Waals surface area (Å²) in [5.41, 5.74) is 3.16. The van der Waals surface area contributed by atoms with E-state index in [1.807, 2.05) is 18.0 Å². The number of carbonyl (C=O) groups is 2. The zero-order valence-corrected chi connectivity index (χ0v) is 22.4. The summed E-state index contributed by atoms with van der Waals surface area (Å²) in [6.07, 6.45) is -1.15. The second kappa shape index (κ2) is 12.2. The number of nitrogens with zero attached hydrogens (tertiary/aromatic N) is 4. The van der Waals surface area contributed by atoms with E-state index in [0.29, 0.717) is 57.8 Å². The van der Waals surface area contributed by atoms with Crippen LogP contribution in [0.5, 0.6) is 5.75 Å². The number of amides is 2. The van der Waals surface area contributed by atoms with Crippen LogP contribution in [0.2, 0.25) is 0 Å². The van der Waals surface area contributed by atoms with Crippen molar-refractivity contribution < 1.29 is 29.0 Å². The van der Waals surface area contributed by atoms with Crippen molar-refractivity contribution in [3.8, 4) is 11.8 Å². The van der Waals surface area contributed by atoms with Gasteiger partial charge in [-0.2, -0.15) is 10.2 Å². The summed E-state index contributed by atoms with van der Waals surface area (Å²) in [5.74, 6) is -0.294. The third-order valence-electron chi connectivity index (χ3n) is 7.01. The number of benzene rings is 3. The van der Waals surface area contributed by atoms with E-state index >= 15 is 0 Å². The molecule has 1 aromatic heterocycles. The van der Waals surface area contributed by atoms with Crippen LogP contribution in [-0.4, -0.2) is 70.0 Å². The van der Waals surface area contributed by atoms with E-state index in [0.717, 1.165) is 13.1 Å². The van der Waals surface area contributed by atoms with Gasteiger partial charge in [0.2, 0.25) is 6.10 Å². The number of nitrogens with one attached hydrogen (secondary N) is 1. The van der Waals surface area contributed by atoms with Gasteiger partial charge in [0.25, 0.3) is 11.8 Å². The molecule has 1 aliphatic rings. The average molecular weight is 556 g/mol. The minimum Gasteiger partial charge on any atom is -0.476 e. The van der Waals surface area contributed by atoms with Gasteiger partial charge in [-0.3, -0.25) is 14.9 Å². The number of piperazine rings is 1. The molecule has 3 aromatic carbocycles. The Balaban J connectivity index is 1.40. The van der Waals surface area contributed by atoms with Crippen molar-refractivity contribution in [3.05, 3.63) is 88.5 Å². The first-order chi connectivity index (χ1) is 19.9. The van der Waals surface area contributed by atoms with Gasteiger partial charge in [-0.1, -0.05) is 12.1 Å². The molecule has 0 aliphatic carbocycles. The highest BCUT2D eigenvalue weighted by Crippen LogP contribution is 2.27. The van der Waals surface area contributed by atoms with E-state index < -0.39 is 12.0 Å². The summed E-state index contributed by atoms with van der Waals surface area (Å²) in [5, 5.41) is 30.9. The number of ether oxygens (including phenoxy) is 1. The van der Waals surface area contributed by atoms with Crippen LogP contribution in [-0.2, 0) is 18.0 Å². The standard InChI is InChI=1S/C30H29N5O6/c1-34-10-12-35(13-11-34)29(39)21-6-4-20(5-7-21)27(40-24-8-2-19(16-31)3-9-24)28(38)33-30-32-25-14-22(17-36)23(18-37)15-26(25)41-30/h2-9,14-15,27,36-37H,10-13,17-18H2,1H3,(H,32,33,38). The molecule has 210 valence electrons. The number of aromatic nitrogens is 1. The predicted molar refractivity (Wildman–Crippen MR) is 149 cm³/mol. The fourth-order valence-electron chi connectivity index (χ4n) is 4.59. The minimum atomic E-state index is -1.15. The lowest BCUT2D eigenvalue weighted by atomic mass is 10.0. The maximum absolute atomic E-state index is 13.5. The molecule has 5 rings (SSSR count). The van der Waals surface area contributed by atoms with Crippen LogP contribution in [0.25, 0.3) is 11.1 Å². The maximum Gasteiger partial charge on any atom is 0.302 e. The van der Waals surface area contributed by atoms with E-state index in [1.54, 1.807) is 60.7 Å². The molecule has 1 aliphatic heterocycles. The van der Waals surface area contributed by atoms with Gasteiger partial charge in [-0.25, -0.2) is 0 Å². The van der Waals surface area contributed by atoms with Crippen molar-refractivity contribution in [2.45, 2.75) is 19.3 Å². The largest absolute Gasteiger partial charge is 0.476 e. The molecule has 1 unspecified atom stereocenters. The molecule has 2 amide bonds. The molecule has 1 fully saturated rings. The highest BCUT2D eigenvalue weighted by molar-refractivity contribution is 5.96. The Morgan fingerprint density at radius 1 is 1.02 bits per heavy atom. The maximum atomic E-state index is 13.5. The lowest BCUT2D eigenvalue weighted by molar-refractivity contribution is -0.123. The van der Waals surface area contributed by atoms with Crippen molar-refractivity contribution in [1.82, 2.24) is 14.8 Å². The predicted octanol–water partition coefficient (Wildman–Crippen LogP) is 2.83. The lowest BCUT2D eigenvalue weighted by Gasteiger charge is -2.32. The third-order valence-corrected chi connectivity index (χ3v) is 7.01. The summed E-state index contributed by atoms with van der Waals surface area (Å²) in [4.78, 5) is 34.8. The molecular formula is C30H29N5O6. The first-order valence-corrected chi connectivity index (χ1v) is 13.1. The molecule has 11 heteroatoms. The quantitative estimate of drug-likeness (QED) is 0.298. The summed E-state index contributed by atoms with van der Waals surface area (Å²) in [6.45, 7) is 2.34. The van der Waals surface area contributed by atoms with Gasteiger partial charge in [0.05, 0.1) is 24.8 Å². The van der Waals surface area contributed by atoms with Crippen LogP contribution in [0.4, 0.5) is 6.01 Å². The van der Waals surface area contributed by atoms with Crippen LogP contribution in [0, 0.1) is 11.3 Å². The molecule has 0 spiro atoms. The smallest absolute Gasteiger partial charge is 0.302 e. The zero-order chi connectivity index (χ0) is 28.9. The molecule has 1 atom stereocenters. The van der Waals surface area contributed by atoms with Gasteiger partial charge in [-0.15, -0.1) is 0 Å². The SMILES string of the molecule is CN1CCN(C(=O)c2ccc(C(Oc3ccc(C#N)cc3)C(=O)Nc3nc4cc(CO)c(CO)cc4o3)cc2)CC1. The van der Waals surface area contributed by atoms with Crippen LogP contribution in [0.15, 0.2) is 65.1 Å². The Bertz CT molecular complexity index is 1540. The molecule has 4 aromatic rings. The normalized spacial score (nSPS) is 14.4.